The maximum atomic E-state index is 13.5. The molecule has 3 nitrogen and oxygen atoms in total. The van der Waals surface area contributed by atoms with Gasteiger partial charge >= 0.3 is 0 Å². The van der Waals surface area contributed by atoms with Crippen molar-refractivity contribution in [1.82, 2.24) is 9.88 Å². The highest BCUT2D eigenvalue weighted by Crippen LogP contribution is 2.33. The summed E-state index contributed by atoms with van der Waals surface area (Å²) in [4.78, 5) is 10.0. The van der Waals surface area contributed by atoms with Crippen LogP contribution in [0.5, 0.6) is 0 Å². The highest BCUT2D eigenvalue weighted by atomic mass is 35.5. The molecule has 1 fully saturated rings. The zero-order valence-electron chi connectivity index (χ0n) is 16.8. The summed E-state index contributed by atoms with van der Waals surface area (Å²) in [6.45, 7) is 7.60. The standard InChI is InChI=1S/C23H30FN3.ClH/c1-2-26-13-15-27(16-14-26)23-17-21(18-9-11-19(24)12-10-18)20-7-5-3-4-6-8-22(20)25-23;/h9-12,17H,2-8,13-16H2,1H3;1H/p-1. The number of likely N-dealkylation sites (N-methyl/N-ethyl adjacent to an activating group) is 1. The Morgan fingerprint density at radius 3 is 2.29 bits per heavy atom. The molecule has 0 spiro atoms. The largest absolute Gasteiger partial charge is 1.00 e. The minimum Gasteiger partial charge on any atom is -1.00 e. The number of nitrogens with zero attached hydrogens (tertiary/aromatic N) is 3. The van der Waals surface area contributed by atoms with Gasteiger partial charge in [0.25, 0.3) is 0 Å². The van der Waals surface area contributed by atoms with E-state index >= 15 is 0 Å². The molecule has 0 unspecified atom stereocenters. The first kappa shape index (κ1) is 21.1. The number of pyridine rings is 1. The number of hydrogen-bond donors (Lipinski definition) is 0. The molecule has 2 aromatic rings. The molecule has 28 heavy (non-hydrogen) atoms. The molecule has 4 rings (SSSR count). The van der Waals surface area contributed by atoms with E-state index in [4.69, 9.17) is 4.98 Å². The Morgan fingerprint density at radius 1 is 0.929 bits per heavy atom. The van der Waals surface area contributed by atoms with E-state index in [1.54, 1.807) is 12.1 Å². The van der Waals surface area contributed by atoms with Crippen molar-refractivity contribution >= 4 is 5.82 Å². The molecule has 5 heteroatoms. The van der Waals surface area contributed by atoms with Gasteiger partial charge in [0, 0.05) is 31.9 Å². The molecule has 0 radical (unpaired) electrons. The molecular formula is C23H30ClFN3-. The average Bonchev–Trinajstić information content (AvgIpc) is 2.69. The van der Waals surface area contributed by atoms with E-state index in [0.29, 0.717) is 0 Å². The van der Waals surface area contributed by atoms with E-state index in [1.165, 1.54) is 42.5 Å². The van der Waals surface area contributed by atoms with Gasteiger partial charge in [-0.2, -0.15) is 0 Å². The van der Waals surface area contributed by atoms with Crippen LogP contribution in [0.1, 0.15) is 43.9 Å². The SMILES string of the molecule is CCN1CCN(c2cc(-c3ccc(F)cc3)c3c(n2)CCCCCC3)CC1.[Cl-]. The van der Waals surface area contributed by atoms with Crippen molar-refractivity contribution in [3.8, 4) is 11.1 Å². The summed E-state index contributed by atoms with van der Waals surface area (Å²) >= 11 is 0. The van der Waals surface area contributed by atoms with Crippen molar-refractivity contribution in [2.75, 3.05) is 37.6 Å². The number of anilines is 1. The number of hydrogen-bond acceptors (Lipinski definition) is 3. The maximum absolute atomic E-state index is 13.5. The molecule has 1 aromatic heterocycles. The Hall–Kier alpha value is -1.65. The Balaban J connectivity index is 0.00000225. The predicted octanol–water partition coefficient (Wildman–Crippen LogP) is 1.69. The van der Waals surface area contributed by atoms with Gasteiger partial charge < -0.3 is 22.2 Å². The number of benzene rings is 1. The van der Waals surface area contributed by atoms with Gasteiger partial charge in [0.1, 0.15) is 11.6 Å². The first-order valence-corrected chi connectivity index (χ1v) is 10.5. The number of aromatic nitrogens is 1. The van der Waals surface area contributed by atoms with Gasteiger partial charge in [0.15, 0.2) is 0 Å². The highest BCUT2D eigenvalue weighted by molar-refractivity contribution is 5.72. The summed E-state index contributed by atoms with van der Waals surface area (Å²) in [6.07, 6.45) is 7.17. The van der Waals surface area contributed by atoms with Crippen LogP contribution < -0.4 is 17.3 Å². The van der Waals surface area contributed by atoms with Crippen molar-refractivity contribution in [1.29, 1.82) is 0 Å². The van der Waals surface area contributed by atoms with Gasteiger partial charge in [-0.05, 0) is 67.1 Å². The first-order chi connectivity index (χ1) is 13.2. The average molecular weight is 403 g/mol. The molecule has 0 saturated carbocycles. The topological polar surface area (TPSA) is 19.4 Å². The fourth-order valence-corrected chi connectivity index (χ4v) is 4.39. The lowest BCUT2D eigenvalue weighted by Gasteiger charge is -2.35. The van der Waals surface area contributed by atoms with Crippen LogP contribution in [0.3, 0.4) is 0 Å². The lowest BCUT2D eigenvalue weighted by molar-refractivity contribution is -0.00000621. The minimum absolute atomic E-state index is 0. The van der Waals surface area contributed by atoms with Crippen molar-refractivity contribution < 1.29 is 16.8 Å². The number of halogens is 2. The van der Waals surface area contributed by atoms with Gasteiger partial charge in [0.05, 0.1) is 0 Å². The number of piperazine rings is 1. The Morgan fingerprint density at radius 2 is 1.61 bits per heavy atom. The van der Waals surface area contributed by atoms with Crippen LogP contribution in [0.4, 0.5) is 10.2 Å². The molecule has 1 saturated heterocycles. The van der Waals surface area contributed by atoms with Crippen molar-refractivity contribution in [2.45, 2.75) is 45.4 Å². The van der Waals surface area contributed by atoms with E-state index in [0.717, 1.165) is 56.9 Å². The van der Waals surface area contributed by atoms with Crippen LogP contribution >= 0.6 is 0 Å². The third-order valence-electron chi connectivity index (χ3n) is 6.09. The molecule has 0 N–H and O–H groups in total. The highest BCUT2D eigenvalue weighted by Gasteiger charge is 2.21. The van der Waals surface area contributed by atoms with Crippen LogP contribution in [-0.4, -0.2) is 42.6 Å². The maximum Gasteiger partial charge on any atom is 0.129 e. The molecule has 0 amide bonds. The first-order valence-electron chi connectivity index (χ1n) is 10.5. The Kier molecular flexibility index (Phi) is 7.30. The summed E-state index contributed by atoms with van der Waals surface area (Å²) in [5.41, 5.74) is 5.03. The van der Waals surface area contributed by atoms with Gasteiger partial charge in [-0.3, -0.25) is 0 Å². The molecule has 1 aliphatic carbocycles. The van der Waals surface area contributed by atoms with Crippen LogP contribution in [-0.2, 0) is 12.8 Å². The summed E-state index contributed by atoms with van der Waals surface area (Å²) in [7, 11) is 0. The van der Waals surface area contributed by atoms with Crippen molar-refractivity contribution in [3.05, 3.63) is 47.4 Å². The van der Waals surface area contributed by atoms with E-state index in [9.17, 15) is 4.39 Å². The van der Waals surface area contributed by atoms with E-state index in [2.05, 4.69) is 22.8 Å². The minimum atomic E-state index is -0.174. The van der Waals surface area contributed by atoms with Gasteiger partial charge in [0.2, 0.25) is 0 Å². The van der Waals surface area contributed by atoms with Gasteiger partial charge in [-0.1, -0.05) is 31.9 Å². The lowest BCUT2D eigenvalue weighted by atomic mass is 9.90. The molecule has 0 atom stereocenters. The Bertz CT molecular complexity index is 770. The molecule has 1 aliphatic heterocycles. The zero-order chi connectivity index (χ0) is 18.6. The van der Waals surface area contributed by atoms with Crippen LogP contribution in [0.15, 0.2) is 30.3 Å². The zero-order valence-corrected chi connectivity index (χ0v) is 17.5. The monoisotopic (exact) mass is 402 g/mol. The number of rotatable bonds is 3. The van der Waals surface area contributed by atoms with E-state index in [1.807, 2.05) is 12.1 Å². The van der Waals surface area contributed by atoms with Crippen LogP contribution in [0.25, 0.3) is 11.1 Å². The molecule has 0 bridgehead atoms. The molecule has 1 aromatic carbocycles. The third kappa shape index (κ3) is 4.66. The van der Waals surface area contributed by atoms with Crippen molar-refractivity contribution in [3.63, 3.8) is 0 Å². The second kappa shape index (κ2) is 9.71. The number of aryl methyl sites for hydroxylation is 1. The van der Waals surface area contributed by atoms with Crippen LogP contribution in [0, 0.1) is 5.82 Å². The Labute approximate surface area is 174 Å². The molecule has 2 heterocycles. The van der Waals surface area contributed by atoms with Crippen molar-refractivity contribution in [2.24, 2.45) is 0 Å². The summed E-state index contributed by atoms with van der Waals surface area (Å²) in [5, 5.41) is 0. The third-order valence-corrected chi connectivity index (χ3v) is 6.09. The van der Waals surface area contributed by atoms with Gasteiger partial charge in [-0.25, -0.2) is 9.37 Å². The second-order valence-electron chi connectivity index (χ2n) is 7.80. The molecular weight excluding hydrogens is 373 g/mol. The number of fused-ring (bicyclic) bond motifs is 1. The van der Waals surface area contributed by atoms with E-state index < -0.39 is 0 Å². The normalized spacial score (nSPS) is 18.0. The lowest BCUT2D eigenvalue weighted by Crippen LogP contribution is -3.00. The summed E-state index contributed by atoms with van der Waals surface area (Å²) in [6, 6.07) is 9.25. The second-order valence-corrected chi connectivity index (χ2v) is 7.80. The van der Waals surface area contributed by atoms with E-state index in [-0.39, 0.29) is 18.2 Å². The predicted molar refractivity (Wildman–Crippen MR) is 110 cm³/mol. The fraction of sp³-hybridized carbons (Fsp3) is 0.522. The fourth-order valence-electron chi connectivity index (χ4n) is 4.39. The summed E-state index contributed by atoms with van der Waals surface area (Å²) in [5.74, 6) is 0.927. The summed E-state index contributed by atoms with van der Waals surface area (Å²) < 4.78 is 13.5. The van der Waals surface area contributed by atoms with Gasteiger partial charge in [-0.15, -0.1) is 0 Å². The quantitative estimate of drug-likeness (QED) is 0.779. The smallest absolute Gasteiger partial charge is 0.129 e. The van der Waals surface area contributed by atoms with Crippen LogP contribution in [0.2, 0.25) is 0 Å². The molecule has 152 valence electrons. The molecule has 2 aliphatic rings.